The molecular weight excluding hydrogens is 392 g/mol. The van der Waals surface area contributed by atoms with Gasteiger partial charge in [0.15, 0.2) is 0 Å². The number of hydrogen-bond donors (Lipinski definition) is 0. The Bertz CT molecular complexity index is 892. The zero-order valence-electron chi connectivity index (χ0n) is 19.7. The third-order valence-corrected chi connectivity index (χ3v) is 8.42. The Morgan fingerprint density at radius 3 is 2.77 bits per heavy atom. The molecule has 1 saturated carbocycles. The van der Waals surface area contributed by atoms with Gasteiger partial charge in [-0.15, -0.1) is 0 Å². The van der Waals surface area contributed by atoms with Gasteiger partial charge < -0.3 is 18.9 Å². The van der Waals surface area contributed by atoms with Crippen LogP contribution in [0.2, 0.25) is 0 Å². The summed E-state index contributed by atoms with van der Waals surface area (Å²) in [5, 5.41) is 0. The lowest BCUT2D eigenvalue weighted by Crippen LogP contribution is -2.57. The maximum atomic E-state index is 11.5. The van der Waals surface area contributed by atoms with Gasteiger partial charge in [0.05, 0.1) is 44.4 Å². The van der Waals surface area contributed by atoms with Crippen molar-refractivity contribution in [3.63, 3.8) is 0 Å². The maximum absolute atomic E-state index is 11.5. The predicted molar refractivity (Wildman–Crippen MR) is 119 cm³/mol. The summed E-state index contributed by atoms with van der Waals surface area (Å²) < 4.78 is 22.8. The van der Waals surface area contributed by atoms with Crippen LogP contribution >= 0.6 is 0 Å². The molecule has 2 aliphatic carbocycles. The quantitative estimate of drug-likeness (QED) is 0.204. The van der Waals surface area contributed by atoms with Crippen molar-refractivity contribution in [3.8, 4) is 5.75 Å². The number of carbonyl (C=O) groups is 1. The Kier molecular flexibility index (Phi) is 5.61. The van der Waals surface area contributed by atoms with Crippen LogP contribution in [0.5, 0.6) is 5.75 Å². The number of hydrogen-bond acceptors (Lipinski definition) is 5. The standard InChI is InChI=1S/C26H36O5/c1-7-30-23(27)10-12-29-13-11-25(4)21-9-8-18-19(14-17(2)15-20(18)28-6)24(21,3)16-22-26(25,5)31-22/h10,12,14-15,21-22H,7-9,11,13,16H2,1-6H3/b12-10+/t21-,22-,24-,25-,26-/m0/s1. The molecule has 5 atom stereocenters. The number of rotatable bonds is 7. The highest BCUT2D eigenvalue weighted by Gasteiger charge is 2.73. The van der Waals surface area contributed by atoms with E-state index in [-0.39, 0.29) is 28.5 Å². The smallest absolute Gasteiger partial charge is 0.333 e. The number of aryl methyl sites for hydroxylation is 1. The summed E-state index contributed by atoms with van der Waals surface area (Å²) in [6.45, 7) is 11.9. The lowest BCUT2D eigenvalue weighted by molar-refractivity contribution is -0.137. The zero-order chi connectivity index (χ0) is 22.4. The number of esters is 1. The first-order valence-corrected chi connectivity index (χ1v) is 11.5. The molecule has 0 unspecified atom stereocenters. The Morgan fingerprint density at radius 1 is 1.29 bits per heavy atom. The minimum Gasteiger partial charge on any atom is -0.501 e. The van der Waals surface area contributed by atoms with E-state index < -0.39 is 0 Å². The molecule has 5 nitrogen and oxygen atoms in total. The normalized spacial score (nSPS) is 35.7. The molecule has 1 saturated heterocycles. The van der Waals surface area contributed by atoms with Gasteiger partial charge in [0, 0.05) is 5.41 Å². The average molecular weight is 429 g/mol. The van der Waals surface area contributed by atoms with Crippen molar-refractivity contribution in [2.45, 2.75) is 77.4 Å². The fourth-order valence-electron chi connectivity index (χ4n) is 6.59. The summed E-state index contributed by atoms with van der Waals surface area (Å²) in [7, 11) is 1.77. The fraction of sp³-hybridized carbons (Fsp3) is 0.654. The molecule has 1 heterocycles. The number of epoxide rings is 1. The molecule has 1 aromatic carbocycles. The first kappa shape index (κ1) is 22.2. The Balaban J connectivity index is 1.59. The van der Waals surface area contributed by atoms with Crippen LogP contribution in [0, 0.1) is 18.3 Å². The van der Waals surface area contributed by atoms with E-state index >= 15 is 0 Å². The van der Waals surface area contributed by atoms with Crippen molar-refractivity contribution in [3.05, 3.63) is 41.2 Å². The summed E-state index contributed by atoms with van der Waals surface area (Å²) in [6, 6.07) is 4.53. The second-order valence-corrected chi connectivity index (χ2v) is 10.0. The van der Waals surface area contributed by atoms with Crippen LogP contribution in [0.3, 0.4) is 0 Å². The van der Waals surface area contributed by atoms with Crippen molar-refractivity contribution in [2.75, 3.05) is 20.3 Å². The molecule has 1 aromatic rings. The molecule has 0 radical (unpaired) electrons. The SMILES string of the molecule is CCOC(=O)/C=C/OCC[C@@]1(C)[C@H]2CCc3c(OC)cc(C)cc3[C@]2(C)C[C@@H]2O[C@@]21C. The molecule has 1 aliphatic heterocycles. The lowest BCUT2D eigenvalue weighted by atomic mass is 9.46. The van der Waals surface area contributed by atoms with Gasteiger partial charge in [0.2, 0.25) is 0 Å². The van der Waals surface area contributed by atoms with Gasteiger partial charge in [-0.3, -0.25) is 0 Å². The fourth-order valence-corrected chi connectivity index (χ4v) is 6.59. The topological polar surface area (TPSA) is 57.3 Å². The zero-order valence-corrected chi connectivity index (χ0v) is 19.7. The van der Waals surface area contributed by atoms with Gasteiger partial charge in [-0.1, -0.05) is 19.9 Å². The minimum absolute atomic E-state index is 0.0168. The van der Waals surface area contributed by atoms with E-state index in [4.69, 9.17) is 18.9 Å². The van der Waals surface area contributed by atoms with E-state index in [1.54, 1.807) is 14.0 Å². The van der Waals surface area contributed by atoms with E-state index in [1.165, 1.54) is 29.0 Å². The molecule has 0 aromatic heterocycles. The molecule has 0 bridgehead atoms. The van der Waals surface area contributed by atoms with E-state index in [9.17, 15) is 4.79 Å². The molecule has 2 fully saturated rings. The van der Waals surface area contributed by atoms with Crippen LogP contribution in [-0.2, 0) is 30.8 Å². The third kappa shape index (κ3) is 3.45. The number of carbonyl (C=O) groups excluding carboxylic acids is 1. The van der Waals surface area contributed by atoms with Crippen molar-refractivity contribution < 1.29 is 23.7 Å². The summed E-state index contributed by atoms with van der Waals surface area (Å²) in [5.41, 5.74) is 3.97. The van der Waals surface area contributed by atoms with Crippen LogP contribution < -0.4 is 4.74 Å². The lowest BCUT2D eigenvalue weighted by Gasteiger charge is -2.56. The van der Waals surface area contributed by atoms with Gasteiger partial charge in [-0.05, 0) is 80.5 Å². The first-order valence-electron chi connectivity index (χ1n) is 11.5. The van der Waals surface area contributed by atoms with E-state index in [1.807, 2.05) is 0 Å². The van der Waals surface area contributed by atoms with Crippen molar-refractivity contribution in [1.29, 1.82) is 0 Å². The largest absolute Gasteiger partial charge is 0.501 e. The molecular formula is C26H36O5. The van der Waals surface area contributed by atoms with Crippen LogP contribution in [0.1, 0.15) is 63.6 Å². The highest BCUT2D eigenvalue weighted by molar-refractivity contribution is 5.81. The van der Waals surface area contributed by atoms with Gasteiger partial charge >= 0.3 is 5.97 Å². The van der Waals surface area contributed by atoms with Crippen LogP contribution in [0.4, 0.5) is 0 Å². The predicted octanol–water partition coefficient (Wildman–Crippen LogP) is 4.87. The van der Waals surface area contributed by atoms with Crippen LogP contribution in [0.25, 0.3) is 0 Å². The van der Waals surface area contributed by atoms with E-state index in [0.717, 1.165) is 31.4 Å². The maximum Gasteiger partial charge on any atom is 0.333 e. The van der Waals surface area contributed by atoms with E-state index in [0.29, 0.717) is 19.1 Å². The number of fused-ring (bicyclic) bond motifs is 4. The second kappa shape index (κ2) is 7.84. The number of methoxy groups -OCH3 is 1. The molecule has 0 N–H and O–H groups in total. The monoisotopic (exact) mass is 428 g/mol. The van der Waals surface area contributed by atoms with Gasteiger partial charge in [-0.2, -0.15) is 0 Å². The summed E-state index contributed by atoms with van der Waals surface area (Å²) in [6.07, 6.45) is 7.15. The number of ether oxygens (including phenoxy) is 4. The molecule has 170 valence electrons. The second-order valence-electron chi connectivity index (χ2n) is 10.0. The molecule has 3 aliphatic rings. The molecule has 31 heavy (non-hydrogen) atoms. The van der Waals surface area contributed by atoms with Crippen LogP contribution in [0.15, 0.2) is 24.5 Å². The molecule has 0 amide bonds. The molecule has 4 rings (SSSR count). The van der Waals surface area contributed by atoms with Crippen LogP contribution in [-0.4, -0.2) is 38.0 Å². The van der Waals surface area contributed by atoms with E-state index in [2.05, 4.69) is 39.8 Å². The highest BCUT2D eigenvalue weighted by atomic mass is 16.6. The highest BCUT2D eigenvalue weighted by Crippen LogP contribution is 2.69. The van der Waals surface area contributed by atoms with Gasteiger partial charge in [-0.25, -0.2) is 4.79 Å². The molecule has 5 heteroatoms. The number of benzene rings is 1. The van der Waals surface area contributed by atoms with Crippen molar-refractivity contribution in [1.82, 2.24) is 0 Å². The Morgan fingerprint density at radius 2 is 2.06 bits per heavy atom. The first-order chi connectivity index (χ1) is 14.7. The summed E-state index contributed by atoms with van der Waals surface area (Å²) >= 11 is 0. The van der Waals surface area contributed by atoms with Crippen molar-refractivity contribution >= 4 is 5.97 Å². The van der Waals surface area contributed by atoms with Crippen molar-refractivity contribution in [2.24, 2.45) is 11.3 Å². The minimum atomic E-state index is -0.371. The summed E-state index contributed by atoms with van der Waals surface area (Å²) in [5.74, 6) is 1.14. The Hall–Kier alpha value is -2.01. The van der Waals surface area contributed by atoms with Gasteiger partial charge in [0.1, 0.15) is 5.75 Å². The van der Waals surface area contributed by atoms with Gasteiger partial charge in [0.25, 0.3) is 0 Å². The third-order valence-electron chi connectivity index (χ3n) is 8.42. The molecule has 0 spiro atoms. The average Bonchev–Trinajstić information content (AvgIpc) is 3.39. The summed E-state index contributed by atoms with van der Waals surface area (Å²) in [4.78, 5) is 11.5. The Labute approximate surface area is 186 Å².